The van der Waals surface area contributed by atoms with Crippen LogP contribution in [0, 0.1) is 11.8 Å². The molecule has 0 aromatic carbocycles. The molecule has 1 N–H and O–H groups in total. The summed E-state index contributed by atoms with van der Waals surface area (Å²) < 4.78 is 1.47. The van der Waals surface area contributed by atoms with Gasteiger partial charge in [0.05, 0.1) is 0 Å². The van der Waals surface area contributed by atoms with Crippen LogP contribution in [0.1, 0.15) is 36.0 Å². The van der Waals surface area contributed by atoms with Crippen LogP contribution in [0.5, 0.6) is 0 Å². The average molecular weight is 246 g/mol. The molecule has 1 amide bonds. The quantitative estimate of drug-likeness (QED) is 0.870. The van der Waals surface area contributed by atoms with Crippen LogP contribution in [0.3, 0.4) is 0 Å². The van der Waals surface area contributed by atoms with E-state index in [1.165, 1.54) is 36.3 Å². The molecule has 0 atom stereocenters. The molecule has 0 spiro atoms. The van der Waals surface area contributed by atoms with Crippen molar-refractivity contribution in [3.05, 3.63) is 34.2 Å². The Balaban J connectivity index is 1.73. The highest BCUT2D eigenvalue weighted by atomic mass is 16.2. The Morgan fingerprint density at radius 2 is 1.94 bits per heavy atom. The maximum absolute atomic E-state index is 12.1. The van der Waals surface area contributed by atoms with Gasteiger partial charge in [-0.2, -0.15) is 0 Å². The lowest BCUT2D eigenvalue weighted by Gasteiger charge is -2.17. The first kappa shape index (κ1) is 11.5. The van der Waals surface area contributed by atoms with Gasteiger partial charge in [-0.15, -0.1) is 0 Å². The van der Waals surface area contributed by atoms with E-state index in [-0.39, 0.29) is 11.5 Å². The molecule has 96 valence electrons. The summed E-state index contributed by atoms with van der Waals surface area (Å²) in [7, 11) is 1.68. The summed E-state index contributed by atoms with van der Waals surface area (Å²) >= 11 is 0. The van der Waals surface area contributed by atoms with Crippen molar-refractivity contribution in [2.75, 3.05) is 0 Å². The lowest BCUT2D eigenvalue weighted by Crippen LogP contribution is -2.38. The third kappa shape index (κ3) is 2.33. The van der Waals surface area contributed by atoms with E-state index in [1.54, 1.807) is 19.3 Å². The van der Waals surface area contributed by atoms with E-state index < -0.39 is 0 Å². The fourth-order valence-electron chi connectivity index (χ4n) is 2.46. The van der Waals surface area contributed by atoms with Crippen LogP contribution in [0.25, 0.3) is 0 Å². The molecule has 1 heterocycles. The highest BCUT2D eigenvalue weighted by molar-refractivity contribution is 5.94. The first-order valence-corrected chi connectivity index (χ1v) is 6.62. The molecule has 0 aliphatic heterocycles. The first-order chi connectivity index (χ1) is 8.65. The molecule has 0 radical (unpaired) electrons. The number of nitrogens with one attached hydrogen (secondary N) is 1. The fourth-order valence-corrected chi connectivity index (χ4v) is 2.46. The number of hydrogen-bond donors (Lipinski definition) is 1. The molecule has 4 heteroatoms. The normalized spacial score (nSPS) is 19.0. The summed E-state index contributed by atoms with van der Waals surface area (Å²) in [4.78, 5) is 23.6. The van der Waals surface area contributed by atoms with Gasteiger partial charge in [-0.05, 0) is 43.6 Å². The van der Waals surface area contributed by atoms with Crippen LogP contribution < -0.4 is 10.9 Å². The van der Waals surface area contributed by atoms with Gasteiger partial charge in [-0.25, -0.2) is 0 Å². The summed E-state index contributed by atoms with van der Waals surface area (Å²) in [5, 5.41) is 3.12. The van der Waals surface area contributed by atoms with E-state index in [0.717, 1.165) is 0 Å². The van der Waals surface area contributed by atoms with Crippen LogP contribution in [0.15, 0.2) is 23.1 Å². The Labute approximate surface area is 106 Å². The van der Waals surface area contributed by atoms with Crippen LogP contribution >= 0.6 is 0 Å². The van der Waals surface area contributed by atoms with E-state index in [4.69, 9.17) is 0 Å². The largest absolute Gasteiger partial charge is 0.349 e. The Kier molecular flexibility index (Phi) is 2.73. The SMILES string of the molecule is Cn1ccc(C(=O)NC(C2CC2)C2CC2)cc1=O. The lowest BCUT2D eigenvalue weighted by atomic mass is 10.1. The number of pyridine rings is 1. The zero-order chi connectivity index (χ0) is 12.7. The summed E-state index contributed by atoms with van der Waals surface area (Å²) in [6.07, 6.45) is 6.58. The Morgan fingerprint density at radius 3 is 2.44 bits per heavy atom. The van der Waals surface area contributed by atoms with Gasteiger partial charge in [-0.3, -0.25) is 9.59 Å². The highest BCUT2D eigenvalue weighted by Gasteiger charge is 2.42. The van der Waals surface area contributed by atoms with Crippen LogP contribution in [0.2, 0.25) is 0 Å². The minimum absolute atomic E-state index is 0.100. The van der Waals surface area contributed by atoms with Crippen molar-refractivity contribution >= 4 is 5.91 Å². The molecule has 0 saturated heterocycles. The Hall–Kier alpha value is -1.58. The predicted octanol–water partition coefficient (Wildman–Crippen LogP) is 1.30. The molecule has 2 saturated carbocycles. The molecule has 1 aromatic heterocycles. The van der Waals surface area contributed by atoms with Crippen molar-refractivity contribution in [3.8, 4) is 0 Å². The zero-order valence-electron chi connectivity index (χ0n) is 10.6. The average Bonchev–Trinajstić information content (AvgIpc) is 3.22. The molecule has 3 rings (SSSR count). The molecule has 2 aliphatic rings. The molecule has 2 fully saturated rings. The third-order valence-corrected chi connectivity index (χ3v) is 3.92. The first-order valence-electron chi connectivity index (χ1n) is 6.62. The second-order valence-electron chi connectivity index (χ2n) is 5.54. The Bertz CT molecular complexity index is 515. The smallest absolute Gasteiger partial charge is 0.251 e. The van der Waals surface area contributed by atoms with Crippen LogP contribution in [0.4, 0.5) is 0 Å². The van der Waals surface area contributed by atoms with Crippen molar-refractivity contribution in [2.24, 2.45) is 18.9 Å². The van der Waals surface area contributed by atoms with Gasteiger partial charge >= 0.3 is 0 Å². The van der Waals surface area contributed by atoms with E-state index in [9.17, 15) is 9.59 Å². The lowest BCUT2D eigenvalue weighted by molar-refractivity contribution is 0.0926. The monoisotopic (exact) mass is 246 g/mol. The number of hydrogen-bond acceptors (Lipinski definition) is 2. The van der Waals surface area contributed by atoms with Crippen molar-refractivity contribution in [1.29, 1.82) is 0 Å². The van der Waals surface area contributed by atoms with Gasteiger partial charge in [0, 0.05) is 30.9 Å². The van der Waals surface area contributed by atoms with Gasteiger partial charge in [0.25, 0.3) is 11.5 Å². The summed E-state index contributed by atoms with van der Waals surface area (Å²) in [6, 6.07) is 3.45. The number of aryl methyl sites for hydroxylation is 1. The van der Waals surface area contributed by atoms with E-state index >= 15 is 0 Å². The van der Waals surface area contributed by atoms with Gasteiger partial charge in [0.2, 0.25) is 0 Å². The van der Waals surface area contributed by atoms with Gasteiger partial charge < -0.3 is 9.88 Å². The molecule has 18 heavy (non-hydrogen) atoms. The molecule has 4 nitrogen and oxygen atoms in total. The van der Waals surface area contributed by atoms with Crippen LogP contribution in [-0.4, -0.2) is 16.5 Å². The standard InChI is InChI=1S/C14H18N2O2/c1-16-7-6-11(8-12(16)17)14(18)15-13(9-2-3-9)10-4-5-10/h6-10,13H,2-5H2,1H3,(H,15,18). The summed E-state index contributed by atoms with van der Waals surface area (Å²) in [6.45, 7) is 0. The number of nitrogens with zero attached hydrogens (tertiary/aromatic N) is 1. The second-order valence-corrected chi connectivity index (χ2v) is 5.54. The second kappa shape index (κ2) is 4.26. The predicted molar refractivity (Wildman–Crippen MR) is 68.4 cm³/mol. The summed E-state index contributed by atoms with van der Waals surface area (Å²) in [5.41, 5.74) is 0.335. The molecule has 2 aliphatic carbocycles. The third-order valence-electron chi connectivity index (χ3n) is 3.92. The topological polar surface area (TPSA) is 51.1 Å². The van der Waals surface area contributed by atoms with Crippen molar-refractivity contribution in [3.63, 3.8) is 0 Å². The molecular formula is C14H18N2O2. The van der Waals surface area contributed by atoms with Crippen molar-refractivity contribution in [2.45, 2.75) is 31.7 Å². The van der Waals surface area contributed by atoms with Crippen molar-refractivity contribution in [1.82, 2.24) is 9.88 Å². The number of rotatable bonds is 4. The minimum atomic E-state index is -0.142. The molecule has 0 bridgehead atoms. The minimum Gasteiger partial charge on any atom is -0.349 e. The molecule has 1 aromatic rings. The van der Waals surface area contributed by atoms with Crippen LogP contribution in [-0.2, 0) is 7.05 Å². The number of amides is 1. The fraction of sp³-hybridized carbons (Fsp3) is 0.571. The summed E-state index contributed by atoms with van der Waals surface area (Å²) in [5.74, 6) is 1.25. The van der Waals surface area contributed by atoms with Gasteiger partial charge in [-0.1, -0.05) is 0 Å². The number of aromatic nitrogens is 1. The Morgan fingerprint density at radius 1 is 1.33 bits per heavy atom. The maximum atomic E-state index is 12.1. The number of carbonyl (C=O) groups is 1. The van der Waals surface area contributed by atoms with Gasteiger partial charge in [0.15, 0.2) is 0 Å². The number of carbonyl (C=O) groups excluding carboxylic acids is 1. The highest BCUT2D eigenvalue weighted by Crippen LogP contribution is 2.44. The van der Waals surface area contributed by atoms with E-state index in [2.05, 4.69) is 5.32 Å². The molecule has 0 unspecified atom stereocenters. The van der Waals surface area contributed by atoms with E-state index in [1.807, 2.05) is 0 Å². The van der Waals surface area contributed by atoms with Crippen molar-refractivity contribution < 1.29 is 4.79 Å². The molecular weight excluding hydrogens is 228 g/mol. The van der Waals surface area contributed by atoms with E-state index in [0.29, 0.717) is 23.4 Å². The zero-order valence-corrected chi connectivity index (χ0v) is 10.6. The van der Waals surface area contributed by atoms with Gasteiger partial charge in [0.1, 0.15) is 0 Å². The maximum Gasteiger partial charge on any atom is 0.251 e.